The van der Waals surface area contributed by atoms with Crippen LogP contribution in [0.25, 0.3) is 0 Å². The maximum Gasteiger partial charge on any atom is 0.343 e. The number of hydrogen-bond acceptors (Lipinski definition) is 6. The number of para-hydroxylation sites is 1. The molecule has 0 fully saturated rings. The number of ether oxygens (including phenoxy) is 3. The van der Waals surface area contributed by atoms with E-state index in [-0.39, 0.29) is 5.75 Å². The van der Waals surface area contributed by atoms with Crippen LogP contribution in [0.4, 0.5) is 0 Å². The second-order valence-corrected chi connectivity index (χ2v) is 8.91. The molecule has 0 aliphatic heterocycles. The topological polar surface area (TPSA) is 86.2 Å². The molecule has 0 aliphatic rings. The Hall–Kier alpha value is -4.43. The van der Waals surface area contributed by atoms with E-state index in [1.165, 1.54) is 6.21 Å². The fraction of sp³-hybridized carbons (Fsp3) is 0.100. The minimum absolute atomic E-state index is 0.289. The van der Waals surface area contributed by atoms with Gasteiger partial charge in [-0.2, -0.15) is 5.10 Å². The van der Waals surface area contributed by atoms with Gasteiger partial charge in [-0.25, -0.2) is 10.2 Å². The first-order valence-electron chi connectivity index (χ1n) is 11.9. The molecule has 0 radical (unpaired) electrons. The number of nitrogens with one attached hydrogen (secondary N) is 1. The highest BCUT2D eigenvalue weighted by molar-refractivity contribution is 9.10. The lowest BCUT2D eigenvalue weighted by Gasteiger charge is -2.11. The molecular weight excluding hydrogens is 548 g/mol. The van der Waals surface area contributed by atoms with E-state index in [1.54, 1.807) is 66.7 Å². The second kappa shape index (κ2) is 13.2. The molecule has 0 saturated carbocycles. The van der Waals surface area contributed by atoms with Crippen molar-refractivity contribution >= 4 is 34.0 Å². The predicted molar refractivity (Wildman–Crippen MR) is 149 cm³/mol. The van der Waals surface area contributed by atoms with E-state index in [0.717, 1.165) is 10.0 Å². The third kappa shape index (κ3) is 7.30. The van der Waals surface area contributed by atoms with Crippen LogP contribution in [-0.2, 0) is 6.61 Å². The Morgan fingerprint density at radius 1 is 0.868 bits per heavy atom. The van der Waals surface area contributed by atoms with Crippen molar-refractivity contribution < 1.29 is 23.8 Å². The van der Waals surface area contributed by atoms with Crippen LogP contribution in [0, 0.1) is 0 Å². The number of hydrazone groups is 1. The maximum atomic E-state index is 12.8. The Bertz CT molecular complexity index is 1420. The highest BCUT2D eigenvalue weighted by Crippen LogP contribution is 2.24. The van der Waals surface area contributed by atoms with Crippen LogP contribution in [0.3, 0.4) is 0 Å². The third-order valence-electron chi connectivity index (χ3n) is 5.31. The lowest BCUT2D eigenvalue weighted by molar-refractivity contribution is 0.0734. The van der Waals surface area contributed by atoms with Crippen molar-refractivity contribution in [1.29, 1.82) is 0 Å². The lowest BCUT2D eigenvalue weighted by atomic mass is 10.2. The smallest absolute Gasteiger partial charge is 0.343 e. The zero-order valence-corrected chi connectivity index (χ0v) is 22.2. The Morgan fingerprint density at radius 3 is 2.37 bits per heavy atom. The number of rotatable bonds is 10. The summed E-state index contributed by atoms with van der Waals surface area (Å²) in [6, 6.07) is 28.4. The summed E-state index contributed by atoms with van der Waals surface area (Å²) < 4.78 is 17.6. The molecule has 0 aliphatic carbocycles. The van der Waals surface area contributed by atoms with Crippen molar-refractivity contribution in [3.8, 4) is 17.2 Å². The largest absolute Gasteiger partial charge is 0.494 e. The van der Waals surface area contributed by atoms with Crippen molar-refractivity contribution in [3.63, 3.8) is 0 Å². The molecule has 0 aromatic heterocycles. The normalized spacial score (nSPS) is 10.7. The van der Waals surface area contributed by atoms with Gasteiger partial charge in [0.25, 0.3) is 5.91 Å². The summed E-state index contributed by atoms with van der Waals surface area (Å²) in [5, 5.41) is 4.08. The predicted octanol–water partition coefficient (Wildman–Crippen LogP) is 6.41. The van der Waals surface area contributed by atoms with E-state index in [4.69, 9.17) is 14.2 Å². The number of benzene rings is 4. The van der Waals surface area contributed by atoms with E-state index in [9.17, 15) is 9.59 Å². The Balaban J connectivity index is 1.43. The minimum Gasteiger partial charge on any atom is -0.494 e. The fourth-order valence-electron chi connectivity index (χ4n) is 3.46. The van der Waals surface area contributed by atoms with Gasteiger partial charge in [0.15, 0.2) is 0 Å². The number of carbonyl (C=O) groups is 2. The Labute approximate surface area is 229 Å². The van der Waals surface area contributed by atoms with Gasteiger partial charge in [0, 0.05) is 10.0 Å². The molecule has 7 nitrogen and oxygen atoms in total. The van der Waals surface area contributed by atoms with Gasteiger partial charge in [-0.05, 0) is 67.1 Å². The van der Waals surface area contributed by atoms with Crippen LogP contribution < -0.4 is 19.6 Å². The van der Waals surface area contributed by atoms with Crippen LogP contribution in [0.5, 0.6) is 17.2 Å². The molecule has 8 heteroatoms. The van der Waals surface area contributed by atoms with E-state index < -0.39 is 11.9 Å². The van der Waals surface area contributed by atoms with Crippen LogP contribution in [-0.4, -0.2) is 24.7 Å². The summed E-state index contributed by atoms with van der Waals surface area (Å²) in [4.78, 5) is 25.5. The highest BCUT2D eigenvalue weighted by atomic mass is 79.9. The second-order valence-electron chi connectivity index (χ2n) is 8.00. The van der Waals surface area contributed by atoms with Crippen LogP contribution in [0.2, 0.25) is 0 Å². The molecule has 192 valence electrons. The van der Waals surface area contributed by atoms with Crippen molar-refractivity contribution in [3.05, 3.63) is 124 Å². The third-order valence-corrected chi connectivity index (χ3v) is 5.81. The van der Waals surface area contributed by atoms with Crippen molar-refractivity contribution in [2.75, 3.05) is 6.61 Å². The summed E-state index contributed by atoms with van der Waals surface area (Å²) in [6.45, 7) is 2.75. The summed E-state index contributed by atoms with van der Waals surface area (Å²) in [7, 11) is 0. The van der Waals surface area contributed by atoms with Gasteiger partial charge in [0.1, 0.15) is 23.9 Å². The zero-order valence-electron chi connectivity index (χ0n) is 20.6. The van der Waals surface area contributed by atoms with Gasteiger partial charge in [0.2, 0.25) is 0 Å². The number of halogens is 1. The number of amides is 1. The SMILES string of the molecule is CCOc1ccc(C(=O)Oc2ccc(Br)cc2C=NNC(=O)c2ccccc2OCc2ccccc2)cc1. The molecule has 0 atom stereocenters. The highest BCUT2D eigenvalue weighted by Gasteiger charge is 2.14. The Kier molecular flexibility index (Phi) is 9.26. The number of hydrogen-bond donors (Lipinski definition) is 1. The van der Waals surface area contributed by atoms with Crippen molar-refractivity contribution in [2.45, 2.75) is 13.5 Å². The first kappa shape index (κ1) is 26.6. The first-order chi connectivity index (χ1) is 18.5. The molecule has 0 saturated heterocycles. The average Bonchev–Trinajstić information content (AvgIpc) is 2.94. The average molecular weight is 573 g/mol. The lowest BCUT2D eigenvalue weighted by Crippen LogP contribution is -2.19. The van der Waals surface area contributed by atoms with Crippen molar-refractivity contribution in [2.24, 2.45) is 5.10 Å². The zero-order chi connectivity index (χ0) is 26.7. The summed E-state index contributed by atoms with van der Waals surface area (Å²) in [5.41, 5.74) is 4.72. The van der Waals surface area contributed by atoms with Crippen molar-refractivity contribution in [1.82, 2.24) is 5.43 Å². The van der Waals surface area contributed by atoms with E-state index in [0.29, 0.717) is 41.4 Å². The van der Waals surface area contributed by atoms with Crippen LogP contribution >= 0.6 is 15.9 Å². The quantitative estimate of drug-likeness (QED) is 0.103. The van der Waals surface area contributed by atoms with Gasteiger partial charge >= 0.3 is 5.97 Å². The molecule has 4 rings (SSSR count). The molecule has 1 N–H and O–H groups in total. The summed E-state index contributed by atoms with van der Waals surface area (Å²) >= 11 is 3.41. The summed E-state index contributed by atoms with van der Waals surface area (Å²) in [6.07, 6.45) is 1.41. The van der Waals surface area contributed by atoms with E-state index >= 15 is 0 Å². The monoisotopic (exact) mass is 572 g/mol. The standard InChI is InChI=1S/C30H25BrN2O5/c1-2-36-25-15-12-22(13-16-25)30(35)38-27-17-14-24(31)18-23(27)19-32-33-29(34)26-10-6-7-11-28(26)37-20-21-8-4-3-5-9-21/h3-19H,2,20H2,1H3,(H,33,34). The van der Waals surface area contributed by atoms with Crippen LogP contribution in [0.15, 0.2) is 107 Å². The molecule has 4 aromatic rings. The van der Waals surface area contributed by atoms with Gasteiger partial charge < -0.3 is 14.2 Å². The number of carbonyl (C=O) groups excluding carboxylic acids is 2. The fourth-order valence-corrected chi connectivity index (χ4v) is 3.84. The van der Waals surface area contributed by atoms with Gasteiger partial charge in [-0.15, -0.1) is 0 Å². The minimum atomic E-state index is -0.529. The first-order valence-corrected chi connectivity index (χ1v) is 12.7. The molecule has 0 heterocycles. The molecule has 4 aromatic carbocycles. The van der Waals surface area contributed by atoms with Gasteiger partial charge in [0.05, 0.1) is 23.9 Å². The van der Waals surface area contributed by atoms with Gasteiger partial charge in [-0.1, -0.05) is 58.4 Å². The molecular formula is C30H25BrN2O5. The number of nitrogens with zero attached hydrogens (tertiary/aromatic N) is 1. The van der Waals surface area contributed by atoms with E-state index in [2.05, 4.69) is 26.5 Å². The number of esters is 1. The van der Waals surface area contributed by atoms with E-state index in [1.807, 2.05) is 37.3 Å². The van der Waals surface area contributed by atoms with Crippen LogP contribution in [0.1, 0.15) is 38.8 Å². The molecule has 0 unspecified atom stereocenters. The van der Waals surface area contributed by atoms with Gasteiger partial charge in [-0.3, -0.25) is 4.79 Å². The summed E-state index contributed by atoms with van der Waals surface area (Å²) in [5.74, 6) is 0.433. The molecule has 38 heavy (non-hydrogen) atoms. The maximum absolute atomic E-state index is 12.8. The Morgan fingerprint density at radius 2 is 1.61 bits per heavy atom. The molecule has 0 spiro atoms. The molecule has 1 amide bonds. The molecule has 0 bridgehead atoms.